The van der Waals surface area contributed by atoms with Crippen LogP contribution in [0.4, 0.5) is 5.69 Å². The lowest BCUT2D eigenvalue weighted by atomic mass is 10.0. The lowest BCUT2D eigenvalue weighted by molar-refractivity contribution is -0.119. The minimum atomic E-state index is -0.287. The molecular weight excluding hydrogens is 276 g/mol. The molecule has 1 atom stereocenters. The molecule has 3 rings (SSSR count). The van der Waals surface area contributed by atoms with Crippen LogP contribution < -0.4 is 15.4 Å². The number of ether oxygens (including phenoxy) is 1. The fourth-order valence-corrected chi connectivity index (χ4v) is 2.70. The number of fused-ring (bicyclic) bond motifs is 1. The number of para-hydroxylation sites is 2. The van der Waals surface area contributed by atoms with Crippen LogP contribution in [0.1, 0.15) is 24.4 Å². The van der Waals surface area contributed by atoms with Gasteiger partial charge in [0.2, 0.25) is 5.91 Å². The smallest absolute Gasteiger partial charge is 0.229 e. The lowest BCUT2D eigenvalue weighted by Crippen LogP contribution is -2.33. The predicted octanol–water partition coefficient (Wildman–Crippen LogP) is 2.89. The monoisotopic (exact) mass is 296 g/mol. The molecule has 1 aliphatic heterocycles. The summed E-state index contributed by atoms with van der Waals surface area (Å²) in [4.78, 5) is 14.5. The zero-order chi connectivity index (χ0) is 15.4. The lowest BCUT2D eigenvalue weighted by Gasteiger charge is -2.23. The first-order valence-corrected chi connectivity index (χ1v) is 7.58. The molecule has 22 heavy (non-hydrogen) atoms. The molecule has 1 amide bonds. The Hall–Kier alpha value is -2.33. The molecule has 0 fully saturated rings. The van der Waals surface area contributed by atoms with E-state index in [0.29, 0.717) is 19.6 Å². The topological polar surface area (TPSA) is 55.6 Å². The van der Waals surface area contributed by atoms with Crippen molar-refractivity contribution in [3.63, 3.8) is 0 Å². The molecule has 0 spiro atoms. The highest BCUT2D eigenvalue weighted by atomic mass is 16.5. The van der Waals surface area contributed by atoms with Crippen LogP contribution in [0.15, 0.2) is 54.6 Å². The number of benzene rings is 2. The quantitative estimate of drug-likeness (QED) is 0.947. The van der Waals surface area contributed by atoms with E-state index in [4.69, 9.17) is 10.5 Å². The first-order valence-electron chi connectivity index (χ1n) is 7.58. The molecule has 0 aromatic heterocycles. The van der Waals surface area contributed by atoms with E-state index in [1.807, 2.05) is 54.6 Å². The summed E-state index contributed by atoms with van der Waals surface area (Å²) in [5.41, 5.74) is 8.00. The van der Waals surface area contributed by atoms with Gasteiger partial charge in [0.05, 0.1) is 12.3 Å². The Morgan fingerprint density at radius 1 is 1.14 bits per heavy atom. The summed E-state index contributed by atoms with van der Waals surface area (Å²) in [6, 6.07) is 17.1. The van der Waals surface area contributed by atoms with Crippen molar-refractivity contribution in [2.45, 2.75) is 18.9 Å². The van der Waals surface area contributed by atoms with E-state index in [1.54, 1.807) is 4.90 Å². The van der Waals surface area contributed by atoms with E-state index >= 15 is 0 Å². The summed E-state index contributed by atoms with van der Waals surface area (Å²) in [7, 11) is 0. The molecular formula is C18H20N2O2. The highest BCUT2D eigenvalue weighted by Gasteiger charge is 2.23. The fourth-order valence-electron chi connectivity index (χ4n) is 2.70. The van der Waals surface area contributed by atoms with E-state index in [-0.39, 0.29) is 11.9 Å². The van der Waals surface area contributed by atoms with Crippen molar-refractivity contribution in [3.05, 3.63) is 60.2 Å². The predicted molar refractivity (Wildman–Crippen MR) is 86.9 cm³/mol. The van der Waals surface area contributed by atoms with Gasteiger partial charge in [0, 0.05) is 19.0 Å². The molecule has 1 heterocycles. The van der Waals surface area contributed by atoms with E-state index in [0.717, 1.165) is 23.4 Å². The maximum Gasteiger partial charge on any atom is 0.229 e. The Kier molecular flexibility index (Phi) is 4.39. The number of carbonyl (C=O) groups is 1. The number of nitrogens with two attached hydrogens (primary N) is 1. The SMILES string of the molecule is NC(CC(=O)N1CCCOc2ccccc21)c1ccccc1. The molecule has 0 radical (unpaired) electrons. The van der Waals surface area contributed by atoms with Crippen LogP contribution in [0, 0.1) is 0 Å². The number of hydrogen-bond donors (Lipinski definition) is 1. The first-order chi connectivity index (χ1) is 10.8. The van der Waals surface area contributed by atoms with Crippen molar-refractivity contribution in [2.24, 2.45) is 5.73 Å². The van der Waals surface area contributed by atoms with Crippen LogP contribution in [-0.4, -0.2) is 19.1 Å². The highest BCUT2D eigenvalue weighted by Crippen LogP contribution is 2.31. The van der Waals surface area contributed by atoms with Gasteiger partial charge in [0.25, 0.3) is 0 Å². The van der Waals surface area contributed by atoms with Crippen LogP contribution in [0.5, 0.6) is 5.75 Å². The largest absolute Gasteiger partial charge is 0.491 e. The zero-order valence-electron chi connectivity index (χ0n) is 12.4. The maximum absolute atomic E-state index is 12.7. The highest BCUT2D eigenvalue weighted by molar-refractivity contribution is 5.95. The van der Waals surface area contributed by atoms with Gasteiger partial charge in [0.15, 0.2) is 0 Å². The normalized spacial score (nSPS) is 15.4. The minimum Gasteiger partial charge on any atom is -0.491 e. The number of hydrogen-bond acceptors (Lipinski definition) is 3. The molecule has 1 aliphatic rings. The molecule has 0 bridgehead atoms. The van der Waals surface area contributed by atoms with Crippen molar-refractivity contribution in [1.82, 2.24) is 0 Å². The van der Waals surface area contributed by atoms with E-state index < -0.39 is 0 Å². The minimum absolute atomic E-state index is 0.0364. The number of carbonyl (C=O) groups excluding carboxylic acids is 1. The van der Waals surface area contributed by atoms with Crippen molar-refractivity contribution in [1.29, 1.82) is 0 Å². The Balaban J connectivity index is 1.77. The van der Waals surface area contributed by atoms with Crippen molar-refractivity contribution in [3.8, 4) is 5.75 Å². The number of amides is 1. The summed E-state index contributed by atoms with van der Waals surface area (Å²) in [6.45, 7) is 1.29. The van der Waals surface area contributed by atoms with Gasteiger partial charge in [-0.1, -0.05) is 42.5 Å². The average Bonchev–Trinajstić information content (AvgIpc) is 2.78. The van der Waals surface area contributed by atoms with Gasteiger partial charge in [-0.05, 0) is 24.1 Å². The molecule has 0 aliphatic carbocycles. The van der Waals surface area contributed by atoms with Gasteiger partial charge in [-0.15, -0.1) is 0 Å². The summed E-state index contributed by atoms with van der Waals surface area (Å²) in [6.07, 6.45) is 1.11. The Morgan fingerprint density at radius 2 is 1.86 bits per heavy atom. The standard InChI is InChI=1S/C18H20N2O2/c19-15(14-7-2-1-3-8-14)13-18(21)20-11-6-12-22-17-10-5-4-9-16(17)20/h1-5,7-10,15H,6,11-13,19H2. The van der Waals surface area contributed by atoms with Gasteiger partial charge in [-0.3, -0.25) is 4.79 Å². The summed E-state index contributed by atoms with van der Waals surface area (Å²) >= 11 is 0. The van der Waals surface area contributed by atoms with Crippen LogP contribution in [0.3, 0.4) is 0 Å². The second-order valence-electron chi connectivity index (χ2n) is 5.44. The third-order valence-electron chi connectivity index (χ3n) is 3.86. The van der Waals surface area contributed by atoms with E-state index in [1.165, 1.54) is 0 Å². The average molecular weight is 296 g/mol. The zero-order valence-corrected chi connectivity index (χ0v) is 12.4. The molecule has 4 nitrogen and oxygen atoms in total. The summed E-state index contributed by atoms with van der Waals surface area (Å²) < 4.78 is 5.69. The Bertz CT molecular complexity index is 643. The number of anilines is 1. The third-order valence-corrected chi connectivity index (χ3v) is 3.86. The summed E-state index contributed by atoms with van der Waals surface area (Å²) in [5.74, 6) is 0.802. The van der Waals surface area contributed by atoms with Crippen LogP contribution >= 0.6 is 0 Å². The fraction of sp³-hybridized carbons (Fsp3) is 0.278. The first kappa shape index (κ1) is 14.6. The molecule has 114 valence electrons. The second-order valence-corrected chi connectivity index (χ2v) is 5.44. The van der Waals surface area contributed by atoms with E-state index in [2.05, 4.69) is 0 Å². The maximum atomic E-state index is 12.7. The second kappa shape index (κ2) is 6.62. The molecule has 0 saturated carbocycles. The van der Waals surface area contributed by atoms with Crippen molar-refractivity contribution >= 4 is 11.6 Å². The molecule has 2 N–H and O–H groups in total. The third kappa shape index (κ3) is 3.12. The van der Waals surface area contributed by atoms with Gasteiger partial charge < -0.3 is 15.4 Å². The molecule has 1 unspecified atom stereocenters. The molecule has 4 heteroatoms. The van der Waals surface area contributed by atoms with Crippen LogP contribution in [0.25, 0.3) is 0 Å². The van der Waals surface area contributed by atoms with Gasteiger partial charge in [-0.2, -0.15) is 0 Å². The van der Waals surface area contributed by atoms with Crippen LogP contribution in [0.2, 0.25) is 0 Å². The van der Waals surface area contributed by atoms with Crippen molar-refractivity contribution < 1.29 is 9.53 Å². The van der Waals surface area contributed by atoms with Gasteiger partial charge >= 0.3 is 0 Å². The molecule has 2 aromatic carbocycles. The van der Waals surface area contributed by atoms with Crippen molar-refractivity contribution in [2.75, 3.05) is 18.1 Å². The Labute approximate surface area is 130 Å². The van der Waals surface area contributed by atoms with Crippen LogP contribution in [-0.2, 0) is 4.79 Å². The van der Waals surface area contributed by atoms with Gasteiger partial charge in [0.1, 0.15) is 5.75 Å². The van der Waals surface area contributed by atoms with Gasteiger partial charge in [-0.25, -0.2) is 0 Å². The number of rotatable bonds is 3. The van der Waals surface area contributed by atoms with E-state index in [9.17, 15) is 4.79 Å². The Morgan fingerprint density at radius 3 is 2.68 bits per heavy atom. The summed E-state index contributed by atoms with van der Waals surface area (Å²) in [5, 5.41) is 0. The molecule has 0 saturated heterocycles. The number of nitrogens with zero attached hydrogens (tertiary/aromatic N) is 1. The molecule has 2 aromatic rings.